The monoisotopic (exact) mass is 415 g/mol. The van der Waals surface area contributed by atoms with Crippen molar-refractivity contribution in [2.75, 3.05) is 0 Å². The molecule has 0 saturated carbocycles. The standard InChI is InChI=1S/C26H17N5O/c27-18-22-24(20-12-6-2-7-13-20)30-23(17-16-19-10-4-1-5-11-19)29-31(26(30)28-25(22)32)21-14-8-3-9-15-21/h1-17H/b17-16+. The first kappa shape index (κ1) is 19.2. The van der Waals surface area contributed by atoms with Gasteiger partial charge in [0.05, 0.1) is 11.4 Å². The van der Waals surface area contributed by atoms with Gasteiger partial charge in [-0.05, 0) is 23.8 Å². The van der Waals surface area contributed by atoms with Gasteiger partial charge in [-0.15, -0.1) is 5.10 Å². The Kier molecular flexibility index (Phi) is 4.91. The second-order valence-electron chi connectivity index (χ2n) is 7.10. The number of benzene rings is 3. The van der Waals surface area contributed by atoms with Crippen LogP contribution in [0.4, 0.5) is 0 Å². The van der Waals surface area contributed by atoms with E-state index in [1.165, 1.54) is 0 Å². The lowest BCUT2D eigenvalue weighted by Crippen LogP contribution is -2.17. The predicted octanol–water partition coefficient (Wildman–Crippen LogP) is 4.59. The molecule has 0 aliphatic rings. The molecule has 0 saturated heterocycles. The highest BCUT2D eigenvalue weighted by atomic mass is 16.1. The number of rotatable bonds is 4. The van der Waals surface area contributed by atoms with Crippen LogP contribution in [0.1, 0.15) is 17.0 Å². The summed E-state index contributed by atoms with van der Waals surface area (Å²) in [4.78, 5) is 17.1. The summed E-state index contributed by atoms with van der Waals surface area (Å²) in [7, 11) is 0. The Morgan fingerprint density at radius 1 is 0.812 bits per heavy atom. The van der Waals surface area contributed by atoms with E-state index in [-0.39, 0.29) is 5.56 Å². The highest BCUT2D eigenvalue weighted by Gasteiger charge is 2.21. The number of fused-ring (bicyclic) bond motifs is 1. The van der Waals surface area contributed by atoms with Crippen molar-refractivity contribution in [1.29, 1.82) is 5.26 Å². The second-order valence-corrected chi connectivity index (χ2v) is 7.10. The van der Waals surface area contributed by atoms with Crippen molar-refractivity contribution in [2.24, 2.45) is 0 Å². The summed E-state index contributed by atoms with van der Waals surface area (Å²) in [6.45, 7) is 0. The van der Waals surface area contributed by atoms with Crippen molar-refractivity contribution in [3.05, 3.63) is 118 Å². The van der Waals surface area contributed by atoms with Crippen molar-refractivity contribution < 1.29 is 0 Å². The van der Waals surface area contributed by atoms with Crippen LogP contribution in [0.2, 0.25) is 0 Å². The third-order valence-corrected chi connectivity index (χ3v) is 5.08. The topological polar surface area (TPSA) is 76.0 Å². The Morgan fingerprint density at radius 3 is 2.09 bits per heavy atom. The van der Waals surface area contributed by atoms with Crippen LogP contribution in [0.3, 0.4) is 0 Å². The molecule has 0 atom stereocenters. The number of nitriles is 1. The fourth-order valence-electron chi connectivity index (χ4n) is 3.62. The molecule has 0 radical (unpaired) electrons. The molecule has 6 heteroatoms. The molecule has 152 valence electrons. The van der Waals surface area contributed by atoms with Gasteiger partial charge in [-0.1, -0.05) is 84.9 Å². The highest BCUT2D eigenvalue weighted by Crippen LogP contribution is 2.25. The lowest BCUT2D eigenvalue weighted by Gasteiger charge is -2.08. The van der Waals surface area contributed by atoms with Crippen molar-refractivity contribution in [1.82, 2.24) is 19.2 Å². The van der Waals surface area contributed by atoms with E-state index in [1.54, 1.807) is 9.08 Å². The van der Waals surface area contributed by atoms with E-state index in [0.29, 0.717) is 17.3 Å². The summed E-state index contributed by atoms with van der Waals surface area (Å²) in [5.74, 6) is 0.891. The lowest BCUT2D eigenvalue weighted by atomic mass is 10.1. The fourth-order valence-corrected chi connectivity index (χ4v) is 3.62. The van der Waals surface area contributed by atoms with Crippen LogP contribution in [0.5, 0.6) is 0 Å². The van der Waals surface area contributed by atoms with Gasteiger partial charge in [0, 0.05) is 5.56 Å². The molecule has 0 bridgehead atoms. The Labute approximate surface area is 184 Å². The van der Waals surface area contributed by atoms with E-state index >= 15 is 0 Å². The van der Waals surface area contributed by atoms with Gasteiger partial charge in [0.25, 0.3) is 5.56 Å². The second kappa shape index (κ2) is 8.17. The van der Waals surface area contributed by atoms with Crippen molar-refractivity contribution >= 4 is 17.9 Å². The van der Waals surface area contributed by atoms with Crippen LogP contribution < -0.4 is 5.56 Å². The van der Waals surface area contributed by atoms with Crippen LogP contribution in [0, 0.1) is 11.3 Å². The molecule has 5 rings (SSSR count). The average Bonchev–Trinajstić information content (AvgIpc) is 3.21. The molecular weight excluding hydrogens is 398 g/mol. The summed E-state index contributed by atoms with van der Waals surface area (Å²) < 4.78 is 3.39. The van der Waals surface area contributed by atoms with Crippen molar-refractivity contribution in [2.45, 2.75) is 0 Å². The Balaban J connectivity index is 1.87. The zero-order valence-electron chi connectivity index (χ0n) is 17.0. The summed E-state index contributed by atoms with van der Waals surface area (Å²) in [6, 6.07) is 30.8. The fraction of sp³-hybridized carbons (Fsp3) is 0. The van der Waals surface area contributed by atoms with Gasteiger partial charge in [0.1, 0.15) is 11.6 Å². The molecule has 0 aliphatic carbocycles. The first-order valence-corrected chi connectivity index (χ1v) is 10.1. The number of hydrogen-bond acceptors (Lipinski definition) is 4. The number of hydrogen-bond donors (Lipinski definition) is 0. The smallest absolute Gasteiger partial charge is 0.266 e. The van der Waals surface area contributed by atoms with E-state index in [0.717, 1.165) is 16.8 Å². The minimum Gasteiger partial charge on any atom is -0.266 e. The van der Waals surface area contributed by atoms with Crippen LogP contribution >= 0.6 is 0 Å². The summed E-state index contributed by atoms with van der Waals surface area (Å²) in [5, 5.41) is 14.6. The molecule has 0 spiro atoms. The molecule has 0 amide bonds. The van der Waals surface area contributed by atoms with E-state index < -0.39 is 5.56 Å². The quantitative estimate of drug-likeness (QED) is 0.430. The Morgan fingerprint density at radius 2 is 1.44 bits per heavy atom. The SMILES string of the molecule is N#Cc1c(-c2ccccc2)n2c(/C=C/c3ccccc3)nn(-c3ccccc3)c2nc1=O. The minimum absolute atomic E-state index is 0.0179. The molecule has 6 nitrogen and oxygen atoms in total. The predicted molar refractivity (Wildman–Crippen MR) is 124 cm³/mol. The number of para-hydroxylation sites is 1. The first-order valence-electron chi connectivity index (χ1n) is 10.1. The molecule has 32 heavy (non-hydrogen) atoms. The summed E-state index contributed by atoms with van der Waals surface area (Å²) >= 11 is 0. The molecule has 2 aromatic heterocycles. The largest absolute Gasteiger partial charge is 0.293 e. The van der Waals surface area contributed by atoms with Crippen LogP contribution in [0.25, 0.3) is 34.9 Å². The maximum atomic E-state index is 12.8. The molecule has 0 aliphatic heterocycles. The molecule has 3 aromatic carbocycles. The molecular formula is C26H17N5O. The van der Waals surface area contributed by atoms with Crippen LogP contribution in [0.15, 0.2) is 95.8 Å². The lowest BCUT2D eigenvalue weighted by molar-refractivity contribution is 0.888. The van der Waals surface area contributed by atoms with Gasteiger partial charge in [-0.2, -0.15) is 14.9 Å². The summed E-state index contributed by atoms with van der Waals surface area (Å²) in [5.41, 5.74) is 2.38. The van der Waals surface area contributed by atoms with Gasteiger partial charge < -0.3 is 0 Å². The summed E-state index contributed by atoms with van der Waals surface area (Å²) in [6.07, 6.45) is 3.80. The third kappa shape index (κ3) is 3.38. The Bertz CT molecular complexity index is 1530. The van der Waals surface area contributed by atoms with E-state index in [4.69, 9.17) is 5.10 Å². The molecule has 2 heterocycles. The first-order chi connectivity index (χ1) is 15.8. The van der Waals surface area contributed by atoms with Gasteiger partial charge in [-0.25, -0.2) is 0 Å². The third-order valence-electron chi connectivity index (χ3n) is 5.08. The average molecular weight is 415 g/mol. The van der Waals surface area contributed by atoms with Gasteiger partial charge in [0.15, 0.2) is 5.82 Å². The zero-order chi connectivity index (χ0) is 21.9. The molecule has 0 fully saturated rings. The number of aromatic nitrogens is 4. The molecule has 5 aromatic rings. The maximum absolute atomic E-state index is 12.8. The van der Waals surface area contributed by atoms with Gasteiger partial charge in [0.2, 0.25) is 5.78 Å². The van der Waals surface area contributed by atoms with Gasteiger partial charge in [-0.3, -0.25) is 9.20 Å². The molecule has 0 unspecified atom stereocenters. The van der Waals surface area contributed by atoms with Crippen molar-refractivity contribution in [3.63, 3.8) is 0 Å². The minimum atomic E-state index is -0.581. The van der Waals surface area contributed by atoms with E-state index in [2.05, 4.69) is 4.98 Å². The van der Waals surface area contributed by atoms with Crippen LogP contribution in [-0.2, 0) is 0 Å². The number of nitrogens with zero attached hydrogens (tertiary/aromatic N) is 5. The zero-order valence-corrected chi connectivity index (χ0v) is 17.0. The normalized spacial score (nSPS) is 11.1. The van der Waals surface area contributed by atoms with E-state index in [1.807, 2.05) is 109 Å². The van der Waals surface area contributed by atoms with Gasteiger partial charge >= 0.3 is 0 Å². The van der Waals surface area contributed by atoms with Crippen LogP contribution in [-0.4, -0.2) is 19.2 Å². The van der Waals surface area contributed by atoms with E-state index in [9.17, 15) is 10.1 Å². The van der Waals surface area contributed by atoms with Crippen molar-refractivity contribution in [3.8, 4) is 23.0 Å². The maximum Gasteiger partial charge on any atom is 0.293 e. The Hall–Kier alpha value is -4.76. The highest BCUT2D eigenvalue weighted by molar-refractivity contribution is 5.73. The molecule has 0 N–H and O–H groups in total.